The molecule has 35 heavy (non-hydrogen) atoms. The van der Waals surface area contributed by atoms with Crippen LogP contribution in [0.3, 0.4) is 0 Å². The second-order valence-electron chi connectivity index (χ2n) is 9.86. The fourth-order valence-electron chi connectivity index (χ4n) is 4.49. The minimum atomic E-state index is -0.290. The van der Waals surface area contributed by atoms with E-state index in [1.165, 1.54) is 16.2 Å². The molecule has 7 heteroatoms. The molecule has 2 aromatic carbocycles. The molecule has 0 saturated carbocycles. The van der Waals surface area contributed by atoms with Crippen LogP contribution < -0.4 is 15.4 Å². The number of halogens is 1. The van der Waals surface area contributed by atoms with Crippen LogP contribution >= 0.6 is 22.9 Å². The van der Waals surface area contributed by atoms with Gasteiger partial charge in [0.25, 0.3) is 11.8 Å². The molecule has 0 bridgehead atoms. The van der Waals surface area contributed by atoms with Crippen LogP contribution in [-0.2, 0) is 12.8 Å². The second kappa shape index (κ2) is 10.4. The van der Waals surface area contributed by atoms with Crippen LogP contribution in [0.15, 0.2) is 48.5 Å². The van der Waals surface area contributed by atoms with Gasteiger partial charge in [-0.2, -0.15) is 0 Å². The molecule has 0 fully saturated rings. The number of nitrogens with one attached hydrogen (secondary N) is 2. The van der Waals surface area contributed by atoms with Gasteiger partial charge in [0.1, 0.15) is 10.8 Å². The highest BCUT2D eigenvalue weighted by atomic mass is 35.5. The molecule has 4 rings (SSSR count). The van der Waals surface area contributed by atoms with Gasteiger partial charge in [-0.05, 0) is 73.4 Å². The molecule has 3 aromatic rings. The number of anilines is 2. The molecule has 1 aromatic heterocycles. The number of fused-ring (bicyclic) bond motifs is 1. The number of thiophene rings is 1. The molecule has 0 spiro atoms. The van der Waals surface area contributed by atoms with Crippen molar-refractivity contribution in [2.75, 3.05) is 17.2 Å². The number of ether oxygens (including phenoxy) is 1. The van der Waals surface area contributed by atoms with E-state index in [0.29, 0.717) is 45.1 Å². The van der Waals surface area contributed by atoms with Crippen molar-refractivity contribution in [2.45, 2.75) is 47.0 Å². The molecule has 0 saturated heterocycles. The third kappa shape index (κ3) is 5.71. The zero-order valence-corrected chi connectivity index (χ0v) is 22.1. The Balaban J connectivity index is 1.70. The summed E-state index contributed by atoms with van der Waals surface area (Å²) in [6, 6.07) is 14.2. The minimum Gasteiger partial charge on any atom is -0.492 e. The number of carbonyl (C=O) groups excluding carboxylic acids is 2. The molecule has 2 amide bonds. The molecule has 1 aliphatic rings. The van der Waals surface area contributed by atoms with E-state index in [1.807, 2.05) is 31.2 Å². The van der Waals surface area contributed by atoms with Gasteiger partial charge in [-0.3, -0.25) is 9.59 Å². The molecular formula is C28H31ClN2O3S. The summed E-state index contributed by atoms with van der Waals surface area (Å²) < 4.78 is 5.69. The van der Waals surface area contributed by atoms with Crippen molar-refractivity contribution in [3.63, 3.8) is 0 Å². The number of rotatable bonds is 6. The normalized spacial score (nSPS) is 15.3. The van der Waals surface area contributed by atoms with Crippen molar-refractivity contribution < 1.29 is 14.3 Å². The molecule has 1 heterocycles. The molecule has 0 radical (unpaired) electrons. The molecule has 5 nitrogen and oxygen atoms in total. The maximum atomic E-state index is 13.6. The van der Waals surface area contributed by atoms with Crippen LogP contribution in [0.5, 0.6) is 5.75 Å². The Hall–Kier alpha value is -2.83. The summed E-state index contributed by atoms with van der Waals surface area (Å²) >= 11 is 7.60. The van der Waals surface area contributed by atoms with Crippen molar-refractivity contribution in [3.05, 3.63) is 75.1 Å². The summed E-state index contributed by atoms with van der Waals surface area (Å²) in [7, 11) is 0. The summed E-state index contributed by atoms with van der Waals surface area (Å²) in [6.45, 7) is 9.18. The van der Waals surface area contributed by atoms with Crippen molar-refractivity contribution >= 4 is 45.4 Å². The first kappa shape index (κ1) is 25.3. The van der Waals surface area contributed by atoms with E-state index in [4.69, 9.17) is 16.3 Å². The summed E-state index contributed by atoms with van der Waals surface area (Å²) in [6.07, 6.45) is 2.70. The van der Waals surface area contributed by atoms with Crippen molar-refractivity contribution in [3.8, 4) is 5.75 Å². The first-order valence-corrected chi connectivity index (χ1v) is 13.1. The van der Waals surface area contributed by atoms with Crippen LogP contribution in [0.25, 0.3) is 0 Å². The van der Waals surface area contributed by atoms with Crippen molar-refractivity contribution in [1.29, 1.82) is 0 Å². The number of benzene rings is 2. The zero-order chi connectivity index (χ0) is 25.2. The van der Waals surface area contributed by atoms with Gasteiger partial charge in [-0.15, -0.1) is 11.3 Å². The Bertz CT molecular complexity index is 1250. The largest absolute Gasteiger partial charge is 0.492 e. The fraction of sp³-hybridized carbons (Fsp3) is 0.357. The van der Waals surface area contributed by atoms with Gasteiger partial charge < -0.3 is 15.4 Å². The average Bonchev–Trinajstić information content (AvgIpc) is 3.17. The Morgan fingerprint density at radius 2 is 1.86 bits per heavy atom. The predicted molar refractivity (Wildman–Crippen MR) is 144 cm³/mol. The number of carbonyl (C=O) groups is 2. The summed E-state index contributed by atoms with van der Waals surface area (Å²) in [5.41, 5.74) is 2.80. The first-order chi connectivity index (χ1) is 16.7. The van der Waals surface area contributed by atoms with Gasteiger partial charge in [-0.25, -0.2) is 0 Å². The monoisotopic (exact) mass is 510 g/mol. The maximum absolute atomic E-state index is 13.6. The van der Waals surface area contributed by atoms with Gasteiger partial charge in [0.2, 0.25) is 0 Å². The maximum Gasteiger partial charge on any atom is 0.259 e. The van der Waals surface area contributed by atoms with E-state index >= 15 is 0 Å². The third-order valence-electron chi connectivity index (χ3n) is 6.47. The van der Waals surface area contributed by atoms with Gasteiger partial charge >= 0.3 is 0 Å². The van der Waals surface area contributed by atoms with Crippen LogP contribution in [-0.4, -0.2) is 18.4 Å². The third-order valence-corrected chi connectivity index (χ3v) is 7.87. The minimum absolute atomic E-state index is 0.171. The molecule has 1 atom stereocenters. The van der Waals surface area contributed by atoms with E-state index in [1.54, 1.807) is 24.3 Å². The lowest BCUT2D eigenvalue weighted by Crippen LogP contribution is -2.27. The fourth-order valence-corrected chi connectivity index (χ4v) is 6.00. The Labute approximate surface area is 215 Å². The Kier molecular flexibility index (Phi) is 7.53. The van der Waals surface area contributed by atoms with Crippen LogP contribution in [0.4, 0.5) is 10.7 Å². The second-order valence-corrected chi connectivity index (χ2v) is 11.4. The quantitative estimate of drug-likeness (QED) is 0.361. The van der Waals surface area contributed by atoms with Crippen LogP contribution in [0.1, 0.15) is 65.3 Å². The van der Waals surface area contributed by atoms with Gasteiger partial charge in [0, 0.05) is 15.5 Å². The number of hydrogen-bond acceptors (Lipinski definition) is 4. The molecule has 1 aliphatic carbocycles. The highest BCUT2D eigenvalue weighted by Crippen LogP contribution is 2.44. The van der Waals surface area contributed by atoms with E-state index in [0.717, 1.165) is 24.8 Å². The van der Waals surface area contributed by atoms with E-state index in [2.05, 4.69) is 31.4 Å². The number of amides is 2. The smallest absolute Gasteiger partial charge is 0.259 e. The van der Waals surface area contributed by atoms with Crippen LogP contribution in [0, 0.1) is 11.3 Å². The topological polar surface area (TPSA) is 67.4 Å². The SMILES string of the molecule is CCOc1ccccc1NC(=O)c1c(NC(=O)c2cccc(Cl)c2)sc2c1CCC(C(C)(C)C)C2. The Morgan fingerprint density at radius 1 is 1.09 bits per heavy atom. The molecule has 2 N–H and O–H groups in total. The van der Waals surface area contributed by atoms with E-state index in [9.17, 15) is 9.59 Å². The highest BCUT2D eigenvalue weighted by molar-refractivity contribution is 7.17. The number of para-hydroxylation sites is 2. The van der Waals surface area contributed by atoms with E-state index in [-0.39, 0.29) is 17.2 Å². The summed E-state index contributed by atoms with van der Waals surface area (Å²) in [5.74, 6) is 0.594. The Morgan fingerprint density at radius 3 is 2.57 bits per heavy atom. The first-order valence-electron chi connectivity index (χ1n) is 11.9. The van der Waals surface area contributed by atoms with Gasteiger partial charge in [-0.1, -0.05) is 50.6 Å². The van der Waals surface area contributed by atoms with Crippen molar-refractivity contribution in [2.24, 2.45) is 11.3 Å². The molecule has 184 valence electrons. The van der Waals surface area contributed by atoms with E-state index < -0.39 is 0 Å². The molecular weight excluding hydrogens is 480 g/mol. The highest BCUT2D eigenvalue weighted by Gasteiger charge is 2.34. The van der Waals surface area contributed by atoms with Gasteiger partial charge in [0.05, 0.1) is 17.9 Å². The molecule has 0 aliphatic heterocycles. The lowest BCUT2D eigenvalue weighted by atomic mass is 9.72. The lowest BCUT2D eigenvalue weighted by Gasteiger charge is -2.33. The standard InChI is InChI=1S/C28H31ClN2O3S/c1-5-34-22-12-7-6-11-21(22)30-26(33)24-20-14-13-18(28(2,3)4)16-23(20)35-27(24)31-25(32)17-9-8-10-19(29)15-17/h6-12,15,18H,5,13-14,16H2,1-4H3,(H,30,33)(H,31,32). The summed E-state index contributed by atoms with van der Waals surface area (Å²) in [4.78, 5) is 27.9. The average molecular weight is 511 g/mol. The van der Waals surface area contributed by atoms with Gasteiger partial charge in [0.15, 0.2) is 0 Å². The van der Waals surface area contributed by atoms with Crippen molar-refractivity contribution in [1.82, 2.24) is 0 Å². The van der Waals surface area contributed by atoms with Crippen LogP contribution in [0.2, 0.25) is 5.02 Å². The lowest BCUT2D eigenvalue weighted by molar-refractivity contribution is 0.102. The predicted octanol–water partition coefficient (Wildman–Crippen LogP) is 7.46. The molecule has 1 unspecified atom stereocenters. The number of hydrogen-bond donors (Lipinski definition) is 2. The summed E-state index contributed by atoms with van der Waals surface area (Å²) in [5, 5.41) is 7.08. The zero-order valence-electron chi connectivity index (χ0n) is 20.5.